The molecule has 3 heterocycles. The van der Waals surface area contributed by atoms with Crippen LogP contribution in [0, 0.1) is 24.7 Å². The van der Waals surface area contributed by atoms with Crippen LogP contribution in [-0.2, 0) is 6.18 Å². The van der Waals surface area contributed by atoms with Crippen molar-refractivity contribution in [2.45, 2.75) is 38.8 Å². The van der Waals surface area contributed by atoms with Crippen LogP contribution in [0.3, 0.4) is 0 Å². The van der Waals surface area contributed by atoms with E-state index in [4.69, 9.17) is 0 Å². The smallest absolute Gasteiger partial charge is 0.354 e. The van der Waals surface area contributed by atoms with E-state index >= 15 is 0 Å². The number of nitrogens with one attached hydrogen (secondary N) is 1. The normalized spacial score (nSPS) is 21.7. The van der Waals surface area contributed by atoms with Crippen molar-refractivity contribution in [1.82, 2.24) is 24.9 Å². The van der Waals surface area contributed by atoms with Crippen LogP contribution in [-0.4, -0.2) is 43.2 Å². The minimum atomic E-state index is -4.58. The fraction of sp³-hybridized carbons (Fsp3) is 0.417. The second-order valence-electron chi connectivity index (χ2n) is 8.97. The Hall–Kier alpha value is -3.57. The molecule has 1 saturated carbocycles. The molecule has 0 spiro atoms. The number of nitrogens with zero attached hydrogens (tertiary/aromatic N) is 5. The number of rotatable bonds is 6. The lowest BCUT2D eigenvalue weighted by Gasteiger charge is -2.39. The van der Waals surface area contributed by atoms with Crippen LogP contribution in [0.4, 0.5) is 27.9 Å². The molecular weight excluding hydrogens is 483 g/mol. The fourth-order valence-electron chi connectivity index (χ4n) is 4.52. The monoisotopic (exact) mass is 506 g/mol. The summed E-state index contributed by atoms with van der Waals surface area (Å²) in [5, 5.41) is 2.81. The van der Waals surface area contributed by atoms with E-state index in [1.165, 1.54) is 12.4 Å². The highest BCUT2D eigenvalue weighted by Crippen LogP contribution is 2.45. The van der Waals surface area contributed by atoms with E-state index in [1.54, 1.807) is 32.0 Å². The minimum absolute atomic E-state index is 0.00637. The molecule has 12 heteroatoms. The van der Waals surface area contributed by atoms with Gasteiger partial charge in [0.15, 0.2) is 11.6 Å². The number of hydrogen-bond acceptors (Lipinski definition) is 7. The van der Waals surface area contributed by atoms with Crippen LogP contribution < -0.4 is 5.32 Å². The molecule has 2 unspecified atom stereocenters. The van der Waals surface area contributed by atoms with Gasteiger partial charge in [-0.25, -0.2) is 33.7 Å². The fourth-order valence-corrected chi connectivity index (χ4v) is 4.52. The van der Waals surface area contributed by atoms with E-state index in [0.717, 1.165) is 0 Å². The summed E-state index contributed by atoms with van der Waals surface area (Å²) >= 11 is 0. The summed E-state index contributed by atoms with van der Waals surface area (Å²) in [6, 6.07) is 4.93. The van der Waals surface area contributed by atoms with Crippen molar-refractivity contribution in [2.75, 3.05) is 11.9 Å². The van der Waals surface area contributed by atoms with Gasteiger partial charge in [-0.3, -0.25) is 4.79 Å². The van der Waals surface area contributed by atoms with Gasteiger partial charge < -0.3 is 5.32 Å². The van der Waals surface area contributed by atoms with Crippen LogP contribution in [0.25, 0.3) is 11.4 Å². The zero-order chi connectivity index (χ0) is 26.1. The first-order chi connectivity index (χ1) is 16.9. The number of Topliss-reactive ketones (excluding diaryl/α,β-unsaturated/α-hetero) is 1. The van der Waals surface area contributed by atoms with Gasteiger partial charge in [0.2, 0.25) is 11.9 Å². The molecule has 190 valence electrons. The molecular formula is C24H23F5N6O. The summed E-state index contributed by atoms with van der Waals surface area (Å²) in [4.78, 5) is 33.8. The Morgan fingerprint density at radius 2 is 1.75 bits per heavy atom. The van der Waals surface area contributed by atoms with Crippen LogP contribution in [0.1, 0.15) is 41.5 Å². The van der Waals surface area contributed by atoms with Gasteiger partial charge in [-0.1, -0.05) is 6.92 Å². The number of alkyl halides is 5. The Morgan fingerprint density at radius 1 is 1.08 bits per heavy atom. The molecule has 4 rings (SSSR count). The van der Waals surface area contributed by atoms with Crippen LogP contribution in [0.15, 0.2) is 43.0 Å². The van der Waals surface area contributed by atoms with Crippen molar-refractivity contribution >= 4 is 11.7 Å². The lowest BCUT2D eigenvalue weighted by atomic mass is 9.68. The number of ketones is 1. The summed E-state index contributed by atoms with van der Waals surface area (Å²) in [5.74, 6) is -5.73. The van der Waals surface area contributed by atoms with Crippen molar-refractivity contribution < 1.29 is 26.7 Å². The standard InChI is InChI=1S/C24H23F5N6O/c1-13-8-23(25,26)9-17(18(13)12-34-22-32-10-15(11-33-22)24(27,28)29)20(36)19-16(5-4-14(2)35-19)21-30-6-3-7-31-21/h3-7,10-11,13,17-18H,8-9,12H2,1-2H3,(H,32,33,34)/t13-,17?,18?/m1/s1. The molecule has 0 radical (unpaired) electrons. The first-order valence-corrected chi connectivity index (χ1v) is 11.2. The summed E-state index contributed by atoms with van der Waals surface area (Å²) in [6.45, 7) is 3.33. The zero-order valence-electron chi connectivity index (χ0n) is 19.4. The van der Waals surface area contributed by atoms with Gasteiger partial charge >= 0.3 is 6.18 Å². The summed E-state index contributed by atoms with van der Waals surface area (Å²) in [6.07, 6.45) is -1.40. The molecule has 7 nitrogen and oxygen atoms in total. The van der Waals surface area contributed by atoms with E-state index in [1.807, 2.05) is 0 Å². The topological polar surface area (TPSA) is 93.6 Å². The van der Waals surface area contributed by atoms with Crippen LogP contribution >= 0.6 is 0 Å². The predicted molar refractivity (Wildman–Crippen MR) is 120 cm³/mol. The van der Waals surface area contributed by atoms with Crippen molar-refractivity contribution in [3.8, 4) is 11.4 Å². The molecule has 0 aromatic carbocycles. The Balaban J connectivity index is 1.63. The number of aryl methyl sites for hydroxylation is 1. The first-order valence-electron chi connectivity index (χ1n) is 11.2. The van der Waals surface area contributed by atoms with Crippen molar-refractivity contribution in [1.29, 1.82) is 0 Å². The third-order valence-corrected chi connectivity index (χ3v) is 6.27. The van der Waals surface area contributed by atoms with E-state index in [9.17, 15) is 26.7 Å². The molecule has 0 bridgehead atoms. The Morgan fingerprint density at radius 3 is 2.39 bits per heavy atom. The number of halogens is 5. The van der Waals surface area contributed by atoms with E-state index in [2.05, 4.69) is 30.2 Å². The lowest BCUT2D eigenvalue weighted by molar-refractivity contribution is -0.138. The van der Waals surface area contributed by atoms with Gasteiger partial charge in [0.25, 0.3) is 0 Å². The quantitative estimate of drug-likeness (QED) is 0.361. The number of carbonyl (C=O) groups is 1. The maximum Gasteiger partial charge on any atom is 0.419 e. The molecule has 36 heavy (non-hydrogen) atoms. The van der Waals surface area contributed by atoms with E-state index in [-0.39, 0.29) is 24.0 Å². The Kier molecular flexibility index (Phi) is 6.96. The third-order valence-electron chi connectivity index (χ3n) is 6.27. The predicted octanol–water partition coefficient (Wildman–Crippen LogP) is 5.25. The highest BCUT2D eigenvalue weighted by atomic mass is 19.4. The molecule has 1 aliphatic rings. The number of hydrogen-bond donors (Lipinski definition) is 1. The van der Waals surface area contributed by atoms with Gasteiger partial charge in [0.05, 0.1) is 5.56 Å². The molecule has 3 atom stereocenters. The molecule has 0 amide bonds. The Labute approximate surface area is 203 Å². The number of anilines is 1. The first kappa shape index (κ1) is 25.5. The van der Waals surface area contributed by atoms with Crippen molar-refractivity contribution in [2.24, 2.45) is 17.8 Å². The summed E-state index contributed by atoms with van der Waals surface area (Å²) < 4.78 is 67.6. The molecule has 1 aliphatic carbocycles. The lowest BCUT2D eigenvalue weighted by Crippen LogP contribution is -2.44. The third kappa shape index (κ3) is 5.63. The second-order valence-corrected chi connectivity index (χ2v) is 8.97. The Bertz CT molecular complexity index is 1220. The van der Waals surface area contributed by atoms with Crippen molar-refractivity contribution in [3.63, 3.8) is 0 Å². The van der Waals surface area contributed by atoms with E-state index < -0.39 is 54.0 Å². The SMILES string of the molecule is Cc1ccc(-c2ncccn2)c(C(=O)C2CC(F)(F)C[C@@H](C)C2CNc2ncc(C(F)(F)F)cn2)n1. The van der Waals surface area contributed by atoms with Gasteiger partial charge in [-0.15, -0.1) is 0 Å². The molecule has 0 saturated heterocycles. The largest absolute Gasteiger partial charge is 0.419 e. The highest BCUT2D eigenvalue weighted by Gasteiger charge is 2.48. The van der Waals surface area contributed by atoms with Crippen LogP contribution in [0.5, 0.6) is 0 Å². The molecule has 1 fully saturated rings. The van der Waals surface area contributed by atoms with Gasteiger partial charge in [0, 0.05) is 61.3 Å². The molecule has 1 N–H and O–H groups in total. The second kappa shape index (κ2) is 9.82. The average molecular weight is 506 g/mol. The molecule has 3 aromatic heterocycles. The van der Waals surface area contributed by atoms with Crippen LogP contribution in [0.2, 0.25) is 0 Å². The van der Waals surface area contributed by atoms with Gasteiger partial charge in [-0.05, 0) is 37.0 Å². The summed E-state index contributed by atoms with van der Waals surface area (Å²) in [7, 11) is 0. The maximum absolute atomic E-state index is 14.6. The maximum atomic E-state index is 14.6. The number of aromatic nitrogens is 5. The summed E-state index contributed by atoms with van der Waals surface area (Å²) in [5.41, 5.74) is -0.133. The minimum Gasteiger partial charge on any atom is -0.354 e. The van der Waals surface area contributed by atoms with Gasteiger partial charge in [-0.2, -0.15) is 13.2 Å². The molecule has 3 aromatic rings. The van der Waals surface area contributed by atoms with Gasteiger partial charge in [0.1, 0.15) is 5.69 Å². The van der Waals surface area contributed by atoms with E-state index in [0.29, 0.717) is 23.7 Å². The highest BCUT2D eigenvalue weighted by molar-refractivity contribution is 6.01. The number of pyridine rings is 1. The van der Waals surface area contributed by atoms with Crippen molar-refractivity contribution in [3.05, 3.63) is 59.9 Å². The molecule has 0 aliphatic heterocycles. The number of carbonyl (C=O) groups excluding carboxylic acids is 1. The average Bonchev–Trinajstić information content (AvgIpc) is 2.82. The zero-order valence-corrected chi connectivity index (χ0v) is 19.4.